The van der Waals surface area contributed by atoms with E-state index in [0.29, 0.717) is 5.92 Å². The molecule has 3 aromatic rings. The van der Waals surface area contributed by atoms with Crippen LogP contribution in [0.4, 0.5) is 5.69 Å². The van der Waals surface area contributed by atoms with Gasteiger partial charge in [-0.25, -0.2) is 4.98 Å². The third kappa shape index (κ3) is 4.04. The number of imidazole rings is 1. The number of thioether (sulfide) groups is 1. The van der Waals surface area contributed by atoms with Gasteiger partial charge >= 0.3 is 0 Å². The van der Waals surface area contributed by atoms with Crippen molar-refractivity contribution in [2.75, 3.05) is 5.32 Å². The van der Waals surface area contributed by atoms with Gasteiger partial charge in [0.25, 0.3) is 0 Å². The Morgan fingerprint density at radius 3 is 2.64 bits per heavy atom. The molecule has 2 atom stereocenters. The van der Waals surface area contributed by atoms with Crippen LogP contribution in [-0.2, 0) is 4.79 Å². The van der Waals surface area contributed by atoms with E-state index in [-0.39, 0.29) is 11.2 Å². The van der Waals surface area contributed by atoms with Gasteiger partial charge in [-0.2, -0.15) is 0 Å². The summed E-state index contributed by atoms with van der Waals surface area (Å²) in [5.41, 5.74) is 3.98. The summed E-state index contributed by atoms with van der Waals surface area (Å²) < 4.78 is 0. The zero-order valence-corrected chi connectivity index (χ0v) is 15.6. The second-order valence-corrected chi connectivity index (χ2v) is 7.53. The molecule has 0 aliphatic heterocycles. The zero-order chi connectivity index (χ0) is 17.8. The monoisotopic (exact) mass is 353 g/mol. The van der Waals surface area contributed by atoms with Gasteiger partial charge in [0.1, 0.15) is 0 Å². The van der Waals surface area contributed by atoms with E-state index in [1.807, 2.05) is 49.4 Å². The van der Waals surface area contributed by atoms with Gasteiger partial charge in [-0.05, 0) is 43.0 Å². The van der Waals surface area contributed by atoms with Crippen molar-refractivity contribution in [2.24, 2.45) is 0 Å². The molecule has 5 heteroatoms. The summed E-state index contributed by atoms with van der Waals surface area (Å²) >= 11 is 1.44. The van der Waals surface area contributed by atoms with Gasteiger partial charge in [-0.15, -0.1) is 0 Å². The molecular weight excluding hydrogens is 330 g/mol. The normalized spacial score (nSPS) is 13.6. The Labute approximate surface area is 152 Å². The Hall–Kier alpha value is -2.27. The standard InChI is InChI=1S/C20H23N3OS/c1-4-13(2)15-9-5-6-10-16(15)21-19(24)14(3)25-20-22-17-11-7-8-12-18(17)23-20/h5-14H,4H2,1-3H3,(H,21,24)(H,22,23)/t13-,14+/m1/s1. The Bertz CT molecular complexity index is 841. The fraction of sp³-hybridized carbons (Fsp3) is 0.300. The minimum absolute atomic E-state index is 0.0128. The fourth-order valence-electron chi connectivity index (χ4n) is 2.70. The molecule has 0 aliphatic rings. The number of aromatic nitrogens is 2. The highest BCUT2D eigenvalue weighted by molar-refractivity contribution is 8.00. The van der Waals surface area contributed by atoms with Crippen molar-refractivity contribution in [3.05, 3.63) is 54.1 Å². The van der Waals surface area contributed by atoms with Crippen molar-refractivity contribution in [1.82, 2.24) is 9.97 Å². The zero-order valence-electron chi connectivity index (χ0n) is 14.7. The highest BCUT2D eigenvalue weighted by Crippen LogP contribution is 2.28. The van der Waals surface area contributed by atoms with E-state index in [1.165, 1.54) is 17.3 Å². The minimum Gasteiger partial charge on any atom is -0.333 e. The predicted octanol–water partition coefficient (Wildman–Crippen LogP) is 5.20. The number of benzene rings is 2. The number of carbonyl (C=O) groups is 1. The molecular formula is C20H23N3OS. The van der Waals surface area contributed by atoms with Crippen molar-refractivity contribution >= 4 is 34.4 Å². The number of rotatable bonds is 6. The van der Waals surface area contributed by atoms with E-state index >= 15 is 0 Å². The molecule has 0 fully saturated rings. The van der Waals surface area contributed by atoms with Gasteiger partial charge < -0.3 is 10.3 Å². The molecule has 1 heterocycles. The number of nitrogens with one attached hydrogen (secondary N) is 2. The van der Waals surface area contributed by atoms with Gasteiger partial charge in [0, 0.05) is 5.69 Å². The average Bonchev–Trinajstić information content (AvgIpc) is 3.03. The van der Waals surface area contributed by atoms with E-state index in [1.54, 1.807) is 0 Å². The number of anilines is 1. The number of aromatic amines is 1. The van der Waals surface area contributed by atoms with Crippen molar-refractivity contribution in [1.29, 1.82) is 0 Å². The second-order valence-electron chi connectivity index (χ2n) is 6.20. The van der Waals surface area contributed by atoms with E-state index in [9.17, 15) is 4.79 Å². The number of hydrogen-bond donors (Lipinski definition) is 2. The molecule has 130 valence electrons. The summed E-state index contributed by atoms with van der Waals surface area (Å²) in [6.07, 6.45) is 1.04. The highest BCUT2D eigenvalue weighted by atomic mass is 32.2. The summed E-state index contributed by atoms with van der Waals surface area (Å²) in [5, 5.41) is 3.60. The molecule has 0 aliphatic carbocycles. The SMILES string of the molecule is CC[C@@H](C)c1ccccc1NC(=O)[C@H](C)Sc1nc2ccccc2[nH]1. The van der Waals surface area contributed by atoms with Crippen LogP contribution in [-0.4, -0.2) is 21.1 Å². The van der Waals surface area contributed by atoms with Crippen LogP contribution >= 0.6 is 11.8 Å². The molecule has 0 unspecified atom stereocenters. The topological polar surface area (TPSA) is 57.8 Å². The quantitative estimate of drug-likeness (QED) is 0.599. The third-order valence-corrected chi connectivity index (χ3v) is 5.37. The number of H-pyrrole nitrogens is 1. The number of carbonyl (C=O) groups excluding carboxylic acids is 1. The Morgan fingerprint density at radius 1 is 1.16 bits per heavy atom. The molecule has 25 heavy (non-hydrogen) atoms. The van der Waals surface area contributed by atoms with E-state index in [0.717, 1.165) is 28.3 Å². The first-order valence-electron chi connectivity index (χ1n) is 8.59. The lowest BCUT2D eigenvalue weighted by Gasteiger charge is -2.17. The van der Waals surface area contributed by atoms with Crippen LogP contribution in [0.2, 0.25) is 0 Å². The van der Waals surface area contributed by atoms with Crippen LogP contribution in [0.3, 0.4) is 0 Å². The van der Waals surface area contributed by atoms with Crippen LogP contribution in [0.15, 0.2) is 53.7 Å². The van der Waals surface area contributed by atoms with Crippen molar-refractivity contribution in [3.63, 3.8) is 0 Å². The molecule has 4 nitrogen and oxygen atoms in total. The number of amides is 1. The van der Waals surface area contributed by atoms with Crippen molar-refractivity contribution < 1.29 is 4.79 Å². The van der Waals surface area contributed by atoms with Crippen LogP contribution in [0.5, 0.6) is 0 Å². The maximum atomic E-state index is 12.6. The lowest BCUT2D eigenvalue weighted by molar-refractivity contribution is -0.115. The lowest BCUT2D eigenvalue weighted by Crippen LogP contribution is -2.23. The Balaban J connectivity index is 1.71. The number of fused-ring (bicyclic) bond motifs is 1. The van der Waals surface area contributed by atoms with Gasteiger partial charge in [-0.1, -0.05) is 55.9 Å². The summed E-state index contributed by atoms with van der Waals surface area (Å²) in [7, 11) is 0. The van der Waals surface area contributed by atoms with Crippen LogP contribution in [0.25, 0.3) is 11.0 Å². The van der Waals surface area contributed by atoms with Crippen LogP contribution in [0, 0.1) is 0 Å². The smallest absolute Gasteiger partial charge is 0.237 e. The van der Waals surface area contributed by atoms with Crippen molar-refractivity contribution in [3.8, 4) is 0 Å². The molecule has 0 bridgehead atoms. The van der Waals surface area contributed by atoms with E-state index in [2.05, 4.69) is 35.2 Å². The third-order valence-electron chi connectivity index (χ3n) is 4.39. The molecule has 3 rings (SSSR count). The molecule has 2 N–H and O–H groups in total. The molecule has 1 aromatic heterocycles. The summed E-state index contributed by atoms with van der Waals surface area (Å²) in [6, 6.07) is 15.9. The van der Waals surface area contributed by atoms with Crippen LogP contribution in [0.1, 0.15) is 38.7 Å². The molecule has 0 saturated carbocycles. The van der Waals surface area contributed by atoms with Gasteiger partial charge in [0.05, 0.1) is 16.3 Å². The molecule has 0 saturated heterocycles. The first kappa shape index (κ1) is 17.5. The maximum absolute atomic E-state index is 12.6. The van der Waals surface area contributed by atoms with E-state index in [4.69, 9.17) is 0 Å². The largest absolute Gasteiger partial charge is 0.333 e. The number of nitrogens with zero attached hydrogens (tertiary/aromatic N) is 1. The lowest BCUT2D eigenvalue weighted by atomic mass is 9.97. The molecule has 1 amide bonds. The Kier molecular flexibility index (Phi) is 5.43. The fourth-order valence-corrected chi connectivity index (χ4v) is 3.52. The number of para-hydroxylation sites is 3. The molecule has 2 aromatic carbocycles. The highest BCUT2D eigenvalue weighted by Gasteiger charge is 2.18. The van der Waals surface area contributed by atoms with Gasteiger partial charge in [-0.3, -0.25) is 4.79 Å². The van der Waals surface area contributed by atoms with Crippen molar-refractivity contribution in [2.45, 2.75) is 43.5 Å². The van der Waals surface area contributed by atoms with Gasteiger partial charge in [0.15, 0.2) is 5.16 Å². The predicted molar refractivity (Wildman–Crippen MR) is 105 cm³/mol. The summed E-state index contributed by atoms with van der Waals surface area (Å²) in [4.78, 5) is 20.4. The summed E-state index contributed by atoms with van der Waals surface area (Å²) in [6.45, 7) is 6.24. The molecule has 0 radical (unpaired) electrons. The van der Waals surface area contributed by atoms with E-state index < -0.39 is 0 Å². The van der Waals surface area contributed by atoms with Gasteiger partial charge in [0.2, 0.25) is 5.91 Å². The number of hydrogen-bond acceptors (Lipinski definition) is 3. The van der Waals surface area contributed by atoms with Crippen LogP contribution < -0.4 is 5.32 Å². The maximum Gasteiger partial charge on any atom is 0.237 e. The second kappa shape index (κ2) is 7.74. The first-order chi connectivity index (χ1) is 12.1. The average molecular weight is 353 g/mol. The Morgan fingerprint density at radius 2 is 1.88 bits per heavy atom. The summed E-state index contributed by atoms with van der Waals surface area (Å²) in [5.74, 6) is 0.399. The molecule has 0 spiro atoms. The minimum atomic E-state index is -0.245. The first-order valence-corrected chi connectivity index (χ1v) is 9.47.